The molecule has 0 spiro atoms. The van der Waals surface area contributed by atoms with Crippen LogP contribution < -0.4 is 10.6 Å². The third-order valence-electron chi connectivity index (χ3n) is 19.4. The van der Waals surface area contributed by atoms with Crippen LogP contribution in [-0.4, -0.2) is 381 Å². The van der Waals surface area contributed by atoms with Crippen molar-refractivity contribution in [2.24, 2.45) is 11.8 Å². The lowest BCUT2D eigenvalue weighted by Crippen LogP contribution is -2.70. The number of aliphatic hydroxyl groups is 19. The average Bonchev–Trinajstić information content (AvgIpc) is 1.36. The zero-order valence-electron chi connectivity index (χ0n) is 54.2. The number of ketones is 1. The molecule has 1 saturated carbocycles. The molecule has 36 nitrogen and oxygen atoms in total. The third kappa shape index (κ3) is 19.3. The summed E-state index contributed by atoms with van der Waals surface area (Å²) in [6.07, 6.45) is -49.8. The largest absolute Gasteiger partial charge is 0.394 e. The van der Waals surface area contributed by atoms with E-state index in [1.165, 1.54) is 12.5 Å². The van der Waals surface area contributed by atoms with Gasteiger partial charge in [0.05, 0.1) is 52.3 Å². The van der Waals surface area contributed by atoms with Crippen LogP contribution >= 0.6 is 11.8 Å². The van der Waals surface area contributed by atoms with Crippen LogP contribution in [0.2, 0.25) is 0 Å². The number of Topliss-reactive ketones (excluding diaryl/α,β-unsaturated/α-hetero) is 1. The highest BCUT2D eigenvalue weighted by Crippen LogP contribution is 2.40. The molecule has 562 valence electrons. The van der Waals surface area contributed by atoms with Crippen molar-refractivity contribution in [1.29, 1.82) is 0 Å². The molecule has 97 heavy (non-hydrogen) atoms. The van der Waals surface area contributed by atoms with Crippen molar-refractivity contribution in [2.75, 3.05) is 65.0 Å². The maximum Gasteiger partial charge on any atom is 0.217 e. The van der Waals surface area contributed by atoms with Gasteiger partial charge in [0.15, 0.2) is 37.7 Å². The first kappa shape index (κ1) is 80.6. The van der Waals surface area contributed by atoms with E-state index in [1.54, 1.807) is 16.7 Å². The number of rotatable bonds is 31. The number of ether oxygens (including phenoxy) is 12. The lowest BCUT2D eigenvalue weighted by molar-refractivity contribution is -0.393. The lowest BCUT2D eigenvalue weighted by Gasteiger charge is -2.51. The van der Waals surface area contributed by atoms with Gasteiger partial charge in [0, 0.05) is 37.6 Å². The quantitative estimate of drug-likeness (QED) is 0.0226. The molecule has 21 N–H and O–H groups in total. The molecule has 0 aromatic rings. The summed E-state index contributed by atoms with van der Waals surface area (Å²) in [6, 6.07) is -1.81. The van der Waals surface area contributed by atoms with E-state index in [0.717, 1.165) is 44.8 Å². The van der Waals surface area contributed by atoms with Gasteiger partial charge >= 0.3 is 0 Å². The first-order chi connectivity index (χ1) is 46.2. The molecule has 0 bridgehead atoms. The van der Waals surface area contributed by atoms with Gasteiger partial charge in [-0.2, -0.15) is 11.8 Å². The molecule has 0 radical (unpaired) electrons. The van der Waals surface area contributed by atoms with Crippen LogP contribution in [0.4, 0.5) is 0 Å². The molecule has 7 heterocycles. The predicted octanol–water partition coefficient (Wildman–Crippen LogP) is -9.75. The lowest BCUT2D eigenvalue weighted by atomic mass is 9.79. The number of nitrogens with one attached hydrogen (secondary N) is 2. The van der Waals surface area contributed by atoms with E-state index in [-0.39, 0.29) is 42.6 Å². The molecule has 0 aromatic heterocycles. The normalized spacial score (nSPS) is 46.2. The summed E-state index contributed by atoms with van der Waals surface area (Å²) >= 11 is 1.67. The smallest absolute Gasteiger partial charge is 0.217 e. The predicted molar refractivity (Wildman–Crippen MR) is 325 cm³/mol. The SMILES string of the molecule is C=C(CC)CCCSC1C[C@H](O)N(CC2CCC(C(=O)CNCCO[C@@H]3OC(CO)[C@@H](O[C@@H]4OC(CO)[C@H](O[C@H]5OC(CO)[C@H](O)C(O[C@@H]6OC(CO)[C@H](O)C(O[C@@H]7OC(CO)[C@H](O)C(O)C7O[C@@H]7OC(C)[C@@H](O)C(O)C7O)C6NC(C)=O)C5O)C(O)C4O)C(O)C3O)CC2)[C@@H]1O. The highest BCUT2D eigenvalue weighted by molar-refractivity contribution is 7.99. The number of thioether (sulfide) groups is 1. The van der Waals surface area contributed by atoms with E-state index in [2.05, 4.69) is 24.1 Å². The molecule has 19 unspecified atom stereocenters. The van der Waals surface area contributed by atoms with Crippen molar-refractivity contribution in [3.8, 4) is 0 Å². The first-order valence-corrected chi connectivity index (χ1v) is 34.2. The minimum absolute atomic E-state index is 0.00888. The molecule has 7 saturated heterocycles. The van der Waals surface area contributed by atoms with E-state index in [4.69, 9.17) is 56.8 Å². The van der Waals surface area contributed by atoms with Crippen LogP contribution in [0, 0.1) is 11.8 Å². The molecule has 37 heteroatoms. The Bertz CT molecular complexity index is 2420. The van der Waals surface area contributed by atoms with E-state index in [9.17, 15) is 107 Å². The number of hydrogen-bond donors (Lipinski definition) is 21. The maximum atomic E-state index is 13.2. The van der Waals surface area contributed by atoms with Gasteiger partial charge in [0.2, 0.25) is 5.91 Å². The third-order valence-corrected chi connectivity index (χ3v) is 20.8. The second-order valence-electron chi connectivity index (χ2n) is 26.1. The number of likely N-dealkylation sites (tertiary alicyclic amines) is 1. The van der Waals surface area contributed by atoms with E-state index in [1.807, 2.05) is 0 Å². The van der Waals surface area contributed by atoms with Gasteiger partial charge in [-0.05, 0) is 63.5 Å². The number of carbonyl (C=O) groups is 2. The number of nitrogens with zero attached hydrogens (tertiary/aromatic N) is 1. The topological polar surface area (TPSA) is 557 Å². The number of allylic oxidation sites excluding steroid dienone is 1. The highest BCUT2D eigenvalue weighted by atomic mass is 32.2. The molecule has 1 aliphatic carbocycles. The second kappa shape index (κ2) is 37.1. The minimum Gasteiger partial charge on any atom is -0.394 e. The summed E-state index contributed by atoms with van der Waals surface area (Å²) in [4.78, 5) is 27.9. The zero-order valence-corrected chi connectivity index (χ0v) is 55.0. The molecular formula is C60H103N3O33S. The van der Waals surface area contributed by atoms with E-state index < -0.39 is 236 Å². The zero-order chi connectivity index (χ0) is 70.9. The highest BCUT2D eigenvalue weighted by Gasteiger charge is 2.59. The molecule has 8 fully saturated rings. The monoisotopic (exact) mass is 1430 g/mol. The standard InChI is InChI=1S/C60H103N3O33S/c1-5-23(2)7-6-14-97-34-15-35(71)63(54(34)84)17-26-8-10-27(11-9-26)28(70)16-61-12-13-85-56-46(81)43(78)49(32(21-67)90-56)92-58-47(82)44(79)50(33(22-68)91-58)93-59-48(83)52(40(75)31(20-66)88-59)95-55-36(62-25(4)69)51(39(74)30(19-65)87-55)94-60-53(42(77)38(73)29(18-64)89-60)96-57-45(80)41(76)37(72)24(3)86-57/h24,26-27,29-61,64-68,71-84H,2,5-22H2,1,3-4H3,(H,62,69)/t24?,26?,27?,29?,30?,31?,32?,33?,34?,35-,36?,37+,38-,39-,40-,41?,42?,43?,44?,45?,46?,47?,48?,49+,50-,51?,52?,53?,54+,55-,56+,57-,58-,59+,60-/m0/s1. The van der Waals surface area contributed by atoms with E-state index >= 15 is 0 Å². The summed E-state index contributed by atoms with van der Waals surface area (Å²) in [5.74, 6) is 0.000444. The number of aliphatic hydroxyl groups excluding tert-OH is 19. The van der Waals surface area contributed by atoms with Gasteiger partial charge < -0.3 is 164 Å². The second-order valence-corrected chi connectivity index (χ2v) is 27.5. The van der Waals surface area contributed by atoms with Gasteiger partial charge in [-0.3, -0.25) is 14.5 Å². The Labute approximate surface area is 563 Å². The van der Waals surface area contributed by atoms with Crippen LogP contribution in [0.1, 0.15) is 72.1 Å². The molecular weight excluding hydrogens is 1320 g/mol. The van der Waals surface area contributed by atoms with Crippen molar-refractivity contribution >= 4 is 23.5 Å². The van der Waals surface area contributed by atoms with Crippen molar-refractivity contribution in [2.45, 2.75) is 274 Å². The van der Waals surface area contributed by atoms with Crippen LogP contribution in [0.3, 0.4) is 0 Å². The molecule has 8 rings (SSSR count). The fraction of sp³-hybridized carbons (Fsp3) is 0.933. The van der Waals surface area contributed by atoms with Crippen molar-refractivity contribution in [3.05, 3.63) is 12.2 Å². The fourth-order valence-electron chi connectivity index (χ4n) is 13.5. The fourth-order valence-corrected chi connectivity index (χ4v) is 14.8. The van der Waals surface area contributed by atoms with E-state index in [0.29, 0.717) is 25.8 Å². The Morgan fingerprint density at radius 1 is 0.536 bits per heavy atom. The van der Waals surface area contributed by atoms with Gasteiger partial charge in [0.25, 0.3) is 0 Å². The summed E-state index contributed by atoms with van der Waals surface area (Å²) < 4.78 is 69.8. The molecule has 1 amide bonds. The van der Waals surface area contributed by atoms with Crippen molar-refractivity contribution in [3.63, 3.8) is 0 Å². The van der Waals surface area contributed by atoms with Crippen LogP contribution in [0.5, 0.6) is 0 Å². The number of hydrogen-bond acceptors (Lipinski definition) is 36. The molecule has 33 atom stereocenters. The number of carbonyl (C=O) groups excluding carboxylic acids is 2. The Balaban J connectivity index is 0.838. The summed E-state index contributed by atoms with van der Waals surface area (Å²) in [7, 11) is 0. The molecule has 8 aliphatic rings. The molecule has 0 aromatic carbocycles. The Kier molecular flexibility index (Phi) is 30.8. The van der Waals surface area contributed by atoms with Crippen molar-refractivity contribution < 1.29 is 163 Å². The van der Waals surface area contributed by atoms with Crippen LogP contribution in [0.25, 0.3) is 0 Å². The Hall–Kier alpha value is -2.09. The van der Waals surface area contributed by atoms with Gasteiger partial charge in [-0.25, -0.2) is 0 Å². The first-order valence-electron chi connectivity index (χ1n) is 33.1. The Morgan fingerprint density at radius 3 is 1.62 bits per heavy atom. The molecule has 7 aliphatic heterocycles. The summed E-state index contributed by atoms with van der Waals surface area (Å²) in [6.45, 7) is 4.02. The van der Waals surface area contributed by atoms with Gasteiger partial charge in [-0.1, -0.05) is 19.1 Å². The Morgan fingerprint density at radius 2 is 1.02 bits per heavy atom. The maximum absolute atomic E-state index is 13.2. The van der Waals surface area contributed by atoms with Gasteiger partial charge in [-0.15, -0.1) is 0 Å². The van der Waals surface area contributed by atoms with Crippen LogP contribution in [0.15, 0.2) is 12.2 Å². The van der Waals surface area contributed by atoms with Gasteiger partial charge in [0.1, 0.15) is 159 Å². The summed E-state index contributed by atoms with van der Waals surface area (Å²) in [5, 5.41) is 214. The van der Waals surface area contributed by atoms with Crippen molar-refractivity contribution in [1.82, 2.24) is 15.5 Å². The minimum atomic E-state index is -2.24. The number of amides is 1. The van der Waals surface area contributed by atoms with Crippen LogP contribution in [-0.2, 0) is 66.4 Å². The summed E-state index contributed by atoms with van der Waals surface area (Å²) in [5.41, 5.74) is 1.19. The average molecular weight is 1430 g/mol.